The smallest absolute Gasteiger partial charge is 0.328 e. The van der Waals surface area contributed by atoms with Gasteiger partial charge in [-0.05, 0) is 31.6 Å². The average molecular weight is 538 g/mol. The lowest BCUT2D eigenvalue weighted by molar-refractivity contribution is -0.190. The van der Waals surface area contributed by atoms with Gasteiger partial charge >= 0.3 is 11.9 Å². The summed E-state index contributed by atoms with van der Waals surface area (Å²) in [5, 5.41) is 2.77. The number of ether oxygens (including phenoxy) is 2. The third-order valence-corrected chi connectivity index (χ3v) is 7.66. The summed E-state index contributed by atoms with van der Waals surface area (Å²) < 4.78 is 11.5. The molecule has 1 amide bonds. The highest BCUT2D eigenvalue weighted by Crippen LogP contribution is 2.32. The Bertz CT molecular complexity index is 650. The molecule has 1 fully saturated rings. The molecule has 1 aliphatic heterocycles. The first-order chi connectivity index (χ1) is 18.3. The second-order valence-corrected chi connectivity index (χ2v) is 11.9. The fourth-order valence-electron chi connectivity index (χ4n) is 5.40. The summed E-state index contributed by atoms with van der Waals surface area (Å²) in [7, 11) is 0. The summed E-state index contributed by atoms with van der Waals surface area (Å²) in [4.78, 5) is 36.9. The molecule has 0 bridgehead atoms. The van der Waals surface area contributed by atoms with Crippen LogP contribution in [0.15, 0.2) is 0 Å². The maximum atomic E-state index is 13.1. The van der Waals surface area contributed by atoms with Crippen molar-refractivity contribution in [3.8, 4) is 0 Å². The van der Waals surface area contributed by atoms with E-state index in [0.717, 1.165) is 38.5 Å². The maximum Gasteiger partial charge on any atom is 0.328 e. The van der Waals surface area contributed by atoms with Crippen molar-refractivity contribution in [2.24, 2.45) is 11.8 Å². The van der Waals surface area contributed by atoms with Crippen LogP contribution in [0.25, 0.3) is 0 Å². The van der Waals surface area contributed by atoms with E-state index in [1.165, 1.54) is 77.6 Å². The lowest BCUT2D eigenvalue weighted by Gasteiger charge is -2.37. The molecule has 1 N–H and O–H groups in total. The predicted octanol–water partition coefficient (Wildman–Crippen LogP) is 8.05. The van der Waals surface area contributed by atoms with E-state index in [1.807, 2.05) is 13.8 Å². The Hall–Kier alpha value is -1.59. The number of esters is 2. The first-order valence-electron chi connectivity index (χ1n) is 16.0. The summed E-state index contributed by atoms with van der Waals surface area (Å²) in [5.41, 5.74) is 0. The van der Waals surface area contributed by atoms with E-state index >= 15 is 0 Å². The number of nitrogens with one attached hydrogen (secondary N) is 1. The molecule has 0 aromatic rings. The Labute approximate surface area is 233 Å². The van der Waals surface area contributed by atoms with E-state index in [9.17, 15) is 14.4 Å². The molecule has 0 aliphatic carbocycles. The van der Waals surface area contributed by atoms with E-state index in [0.29, 0.717) is 12.8 Å². The third kappa shape index (κ3) is 15.7. The topological polar surface area (TPSA) is 81.7 Å². The van der Waals surface area contributed by atoms with Crippen molar-refractivity contribution >= 4 is 17.8 Å². The third-order valence-electron chi connectivity index (χ3n) is 7.66. The summed E-state index contributed by atoms with van der Waals surface area (Å²) in [6.07, 6.45) is 20.7. The Morgan fingerprint density at radius 2 is 1.37 bits per heavy atom. The normalized spacial score (nSPS) is 18.5. The van der Waals surface area contributed by atoms with Gasteiger partial charge in [-0.1, -0.05) is 118 Å². The predicted molar refractivity (Wildman–Crippen MR) is 155 cm³/mol. The summed E-state index contributed by atoms with van der Waals surface area (Å²) in [6, 6.07) is -0.638. The van der Waals surface area contributed by atoms with Crippen LogP contribution in [0, 0.1) is 11.8 Å². The largest absolute Gasteiger partial charge is 0.461 e. The van der Waals surface area contributed by atoms with Gasteiger partial charge in [0.1, 0.15) is 18.2 Å². The Balaban J connectivity index is 2.57. The minimum Gasteiger partial charge on any atom is -0.461 e. The Kier molecular flexibility index (Phi) is 19.3. The van der Waals surface area contributed by atoms with Gasteiger partial charge < -0.3 is 14.8 Å². The molecule has 0 radical (unpaired) electrons. The lowest BCUT2D eigenvalue weighted by Crippen LogP contribution is -2.48. The van der Waals surface area contributed by atoms with E-state index < -0.39 is 6.04 Å². The maximum absolute atomic E-state index is 13.1. The van der Waals surface area contributed by atoms with Crippen LogP contribution in [0.3, 0.4) is 0 Å². The van der Waals surface area contributed by atoms with Gasteiger partial charge in [0.15, 0.2) is 0 Å². The molecule has 1 saturated heterocycles. The number of hydrogen-bond acceptors (Lipinski definition) is 5. The molecule has 0 saturated carbocycles. The number of hydrogen-bond donors (Lipinski definition) is 1. The Morgan fingerprint density at radius 3 is 1.87 bits per heavy atom. The first-order valence-corrected chi connectivity index (χ1v) is 16.0. The highest BCUT2D eigenvalue weighted by atomic mass is 16.6. The van der Waals surface area contributed by atoms with Crippen LogP contribution in [0.1, 0.15) is 157 Å². The molecule has 1 heterocycles. The second kappa shape index (κ2) is 21.3. The summed E-state index contributed by atoms with van der Waals surface area (Å²) in [5.74, 6) is -0.527. The van der Waals surface area contributed by atoms with Crippen molar-refractivity contribution in [1.29, 1.82) is 0 Å². The van der Waals surface area contributed by atoms with Crippen molar-refractivity contribution in [3.63, 3.8) is 0 Å². The van der Waals surface area contributed by atoms with Crippen molar-refractivity contribution in [1.82, 2.24) is 5.32 Å². The lowest BCUT2D eigenvalue weighted by atomic mass is 9.86. The fourth-order valence-corrected chi connectivity index (χ4v) is 5.40. The number of rotatable bonds is 24. The van der Waals surface area contributed by atoms with Gasteiger partial charge in [-0.25, -0.2) is 4.79 Å². The molecule has 222 valence electrons. The van der Waals surface area contributed by atoms with E-state index in [2.05, 4.69) is 19.2 Å². The first kappa shape index (κ1) is 34.4. The van der Waals surface area contributed by atoms with Gasteiger partial charge in [0.2, 0.25) is 5.91 Å². The number of carbonyl (C=O) groups is 3. The Morgan fingerprint density at radius 1 is 0.842 bits per heavy atom. The second-order valence-electron chi connectivity index (χ2n) is 11.9. The number of unbranched alkanes of at least 4 members (excludes halogenated alkanes) is 13. The molecule has 1 aliphatic rings. The van der Waals surface area contributed by atoms with Crippen LogP contribution < -0.4 is 5.32 Å². The minimum atomic E-state index is -0.638. The molecular weight excluding hydrogens is 478 g/mol. The van der Waals surface area contributed by atoms with Crippen LogP contribution in [-0.4, -0.2) is 36.1 Å². The zero-order valence-corrected chi connectivity index (χ0v) is 25.4. The van der Waals surface area contributed by atoms with Crippen molar-refractivity contribution < 1.29 is 23.9 Å². The average Bonchev–Trinajstić information content (AvgIpc) is 2.85. The minimum absolute atomic E-state index is 0.0767. The SMILES string of the molecule is CCCCCCCCCCCCC[C@@H](C[C@@H]1OC(=O)[C@H]1CCCCCC)OC(=O)[C@H](CC(C)C)NC(C)=O. The van der Waals surface area contributed by atoms with E-state index in [1.54, 1.807) is 0 Å². The molecule has 1 rings (SSSR count). The molecule has 6 nitrogen and oxygen atoms in total. The van der Waals surface area contributed by atoms with Crippen LogP contribution in [0.4, 0.5) is 0 Å². The quantitative estimate of drug-likeness (QED) is 0.0995. The monoisotopic (exact) mass is 537 g/mol. The van der Waals surface area contributed by atoms with Crippen LogP contribution in [0.2, 0.25) is 0 Å². The van der Waals surface area contributed by atoms with E-state index in [-0.39, 0.29) is 41.9 Å². The molecule has 0 unspecified atom stereocenters. The molecule has 0 aromatic carbocycles. The van der Waals surface area contributed by atoms with Gasteiger partial charge in [0, 0.05) is 13.3 Å². The van der Waals surface area contributed by atoms with Gasteiger partial charge in [-0.15, -0.1) is 0 Å². The van der Waals surface area contributed by atoms with Crippen molar-refractivity contribution in [3.05, 3.63) is 0 Å². The van der Waals surface area contributed by atoms with E-state index in [4.69, 9.17) is 9.47 Å². The van der Waals surface area contributed by atoms with Crippen LogP contribution in [0.5, 0.6) is 0 Å². The summed E-state index contributed by atoms with van der Waals surface area (Å²) >= 11 is 0. The van der Waals surface area contributed by atoms with Gasteiger partial charge in [0.25, 0.3) is 0 Å². The standard InChI is InChI=1S/C32H59NO5/c1-6-8-10-12-13-14-15-16-17-18-19-21-27(37-32(36)29(23-25(3)4)33-26(5)34)24-30-28(31(35)38-30)22-20-11-9-7-2/h25,27-30H,6-24H2,1-5H3,(H,33,34)/t27-,28-,29-,30-/m0/s1. The highest BCUT2D eigenvalue weighted by Gasteiger charge is 2.43. The molecule has 0 spiro atoms. The zero-order chi connectivity index (χ0) is 28.2. The highest BCUT2D eigenvalue weighted by molar-refractivity contribution is 5.83. The molecule has 6 heteroatoms. The van der Waals surface area contributed by atoms with Crippen LogP contribution in [-0.2, 0) is 23.9 Å². The van der Waals surface area contributed by atoms with Crippen molar-refractivity contribution in [2.45, 2.75) is 175 Å². The molecule has 38 heavy (non-hydrogen) atoms. The van der Waals surface area contributed by atoms with Gasteiger partial charge in [-0.2, -0.15) is 0 Å². The molecular formula is C32H59NO5. The number of amides is 1. The molecule has 0 aromatic heterocycles. The van der Waals surface area contributed by atoms with Gasteiger partial charge in [0.05, 0.1) is 5.92 Å². The van der Waals surface area contributed by atoms with Crippen LogP contribution >= 0.6 is 0 Å². The van der Waals surface area contributed by atoms with Crippen molar-refractivity contribution in [2.75, 3.05) is 0 Å². The number of carbonyl (C=O) groups excluding carboxylic acids is 3. The van der Waals surface area contributed by atoms with Gasteiger partial charge in [-0.3, -0.25) is 9.59 Å². The number of cyclic esters (lactones) is 1. The fraction of sp³-hybridized carbons (Fsp3) is 0.906. The summed E-state index contributed by atoms with van der Waals surface area (Å²) in [6.45, 7) is 9.93. The zero-order valence-electron chi connectivity index (χ0n) is 25.4. The molecule has 4 atom stereocenters.